The number of hydrogen-bond donors (Lipinski definition) is 0. The molecule has 124 valence electrons. The Morgan fingerprint density at radius 3 is 2.55 bits per heavy atom. The molecule has 1 saturated heterocycles. The lowest BCUT2D eigenvalue weighted by molar-refractivity contribution is 0.149. The third-order valence-corrected chi connectivity index (χ3v) is 4.78. The molecule has 1 atom stereocenters. The molecule has 1 aliphatic heterocycles. The second-order valence-electron chi connectivity index (χ2n) is 6.55. The maximum Gasteiger partial charge on any atom is 0.122 e. The quantitative estimate of drug-likeness (QED) is 0.682. The van der Waals surface area contributed by atoms with E-state index in [2.05, 4.69) is 55.0 Å². The van der Waals surface area contributed by atoms with Crippen molar-refractivity contribution in [2.75, 3.05) is 46.4 Å². The topological polar surface area (TPSA) is 15.7 Å². The molecular weight excluding hydrogens is 272 g/mol. The van der Waals surface area contributed by atoms with Gasteiger partial charge in [-0.15, -0.1) is 0 Å². The lowest BCUT2D eigenvalue weighted by Crippen LogP contribution is -2.44. The van der Waals surface area contributed by atoms with Crippen LogP contribution in [-0.4, -0.2) is 56.2 Å². The summed E-state index contributed by atoms with van der Waals surface area (Å²) < 4.78 is 6.04. The van der Waals surface area contributed by atoms with Crippen LogP contribution in [0.25, 0.3) is 0 Å². The maximum absolute atomic E-state index is 6.04. The molecular formula is C19H32N2O. The SMILES string of the molecule is CC[C@@H](C)c1ccccc1OCCCCN1CCN(C)CC1. The van der Waals surface area contributed by atoms with Gasteiger partial charge < -0.3 is 14.5 Å². The number of ether oxygens (including phenoxy) is 1. The van der Waals surface area contributed by atoms with Crippen LogP contribution in [-0.2, 0) is 0 Å². The van der Waals surface area contributed by atoms with Gasteiger partial charge in [-0.1, -0.05) is 32.0 Å². The predicted octanol–water partition coefficient (Wildman–Crippen LogP) is 3.61. The summed E-state index contributed by atoms with van der Waals surface area (Å²) in [5.41, 5.74) is 1.35. The van der Waals surface area contributed by atoms with Gasteiger partial charge in [0, 0.05) is 26.2 Å². The van der Waals surface area contributed by atoms with Crippen LogP contribution in [0, 0.1) is 0 Å². The van der Waals surface area contributed by atoms with Crippen LogP contribution < -0.4 is 4.74 Å². The van der Waals surface area contributed by atoms with Crippen molar-refractivity contribution in [1.82, 2.24) is 9.80 Å². The molecule has 0 aromatic heterocycles. The average Bonchev–Trinajstić information content (AvgIpc) is 2.56. The van der Waals surface area contributed by atoms with Gasteiger partial charge in [0.15, 0.2) is 0 Å². The Labute approximate surface area is 136 Å². The molecule has 1 heterocycles. The first-order valence-corrected chi connectivity index (χ1v) is 8.83. The number of hydrogen-bond acceptors (Lipinski definition) is 3. The lowest BCUT2D eigenvalue weighted by atomic mass is 9.98. The van der Waals surface area contributed by atoms with Gasteiger partial charge in [0.1, 0.15) is 5.75 Å². The second-order valence-corrected chi connectivity index (χ2v) is 6.55. The molecule has 0 amide bonds. The summed E-state index contributed by atoms with van der Waals surface area (Å²) in [6.45, 7) is 11.4. The number of benzene rings is 1. The summed E-state index contributed by atoms with van der Waals surface area (Å²) in [5.74, 6) is 1.65. The maximum atomic E-state index is 6.04. The Balaban J connectivity index is 1.66. The first kappa shape index (κ1) is 17.3. The molecule has 0 unspecified atom stereocenters. The highest BCUT2D eigenvalue weighted by Crippen LogP contribution is 2.28. The number of unbranched alkanes of at least 4 members (excludes halogenated alkanes) is 1. The van der Waals surface area contributed by atoms with Gasteiger partial charge in [-0.25, -0.2) is 0 Å². The fraction of sp³-hybridized carbons (Fsp3) is 0.684. The molecule has 3 heteroatoms. The van der Waals surface area contributed by atoms with Crippen molar-refractivity contribution in [1.29, 1.82) is 0 Å². The molecule has 1 aliphatic rings. The number of para-hydroxylation sites is 1. The van der Waals surface area contributed by atoms with Gasteiger partial charge in [-0.2, -0.15) is 0 Å². The summed E-state index contributed by atoms with van der Waals surface area (Å²) >= 11 is 0. The van der Waals surface area contributed by atoms with Crippen LogP contribution in [0.5, 0.6) is 5.75 Å². The molecule has 0 radical (unpaired) electrons. The van der Waals surface area contributed by atoms with E-state index in [1.54, 1.807) is 0 Å². The van der Waals surface area contributed by atoms with Crippen LogP contribution in [0.4, 0.5) is 0 Å². The van der Waals surface area contributed by atoms with Crippen molar-refractivity contribution >= 4 is 0 Å². The zero-order valence-corrected chi connectivity index (χ0v) is 14.6. The monoisotopic (exact) mass is 304 g/mol. The Hall–Kier alpha value is -1.06. The van der Waals surface area contributed by atoms with E-state index in [1.807, 2.05) is 0 Å². The molecule has 1 fully saturated rings. The number of rotatable bonds is 8. The smallest absolute Gasteiger partial charge is 0.122 e. The van der Waals surface area contributed by atoms with Crippen molar-refractivity contribution in [3.05, 3.63) is 29.8 Å². The van der Waals surface area contributed by atoms with Crippen molar-refractivity contribution < 1.29 is 4.74 Å². The third-order valence-electron chi connectivity index (χ3n) is 4.78. The minimum absolute atomic E-state index is 0.571. The number of likely N-dealkylation sites (N-methyl/N-ethyl adjacent to an activating group) is 1. The molecule has 2 rings (SSSR count). The fourth-order valence-corrected chi connectivity index (χ4v) is 2.93. The van der Waals surface area contributed by atoms with Crippen molar-refractivity contribution in [2.45, 2.75) is 39.0 Å². The summed E-state index contributed by atoms with van der Waals surface area (Å²) in [5, 5.41) is 0. The van der Waals surface area contributed by atoms with Crippen LogP contribution in [0.15, 0.2) is 24.3 Å². The van der Waals surface area contributed by atoms with Crippen LogP contribution >= 0.6 is 0 Å². The Kier molecular flexibility index (Phi) is 7.20. The van der Waals surface area contributed by atoms with Gasteiger partial charge in [-0.3, -0.25) is 0 Å². The zero-order valence-electron chi connectivity index (χ0n) is 14.6. The Morgan fingerprint density at radius 1 is 1.09 bits per heavy atom. The Bertz CT molecular complexity index is 427. The van der Waals surface area contributed by atoms with E-state index in [1.165, 1.54) is 44.7 Å². The lowest BCUT2D eigenvalue weighted by Gasteiger charge is -2.32. The Morgan fingerprint density at radius 2 is 1.82 bits per heavy atom. The van der Waals surface area contributed by atoms with Crippen molar-refractivity contribution in [3.8, 4) is 5.75 Å². The molecule has 1 aromatic rings. The largest absolute Gasteiger partial charge is 0.493 e. The normalized spacial score (nSPS) is 18.3. The highest BCUT2D eigenvalue weighted by molar-refractivity contribution is 5.35. The average molecular weight is 304 g/mol. The van der Waals surface area contributed by atoms with Gasteiger partial charge in [0.05, 0.1) is 6.61 Å². The van der Waals surface area contributed by atoms with E-state index in [0.29, 0.717) is 5.92 Å². The minimum Gasteiger partial charge on any atom is -0.493 e. The summed E-state index contributed by atoms with van der Waals surface area (Å²) in [7, 11) is 2.21. The molecule has 0 aliphatic carbocycles. The van der Waals surface area contributed by atoms with Gasteiger partial charge in [0.2, 0.25) is 0 Å². The standard InChI is InChI=1S/C19H32N2O/c1-4-17(2)18-9-5-6-10-19(18)22-16-8-7-11-21-14-12-20(3)13-15-21/h5-6,9-10,17H,4,7-8,11-16H2,1-3H3/t17-/m1/s1. The number of nitrogens with zero attached hydrogens (tertiary/aromatic N) is 2. The molecule has 22 heavy (non-hydrogen) atoms. The first-order chi connectivity index (χ1) is 10.7. The predicted molar refractivity (Wildman–Crippen MR) is 93.8 cm³/mol. The fourth-order valence-electron chi connectivity index (χ4n) is 2.93. The van der Waals surface area contributed by atoms with E-state index < -0.39 is 0 Å². The molecule has 0 bridgehead atoms. The van der Waals surface area contributed by atoms with Crippen LogP contribution in [0.2, 0.25) is 0 Å². The summed E-state index contributed by atoms with van der Waals surface area (Å²) in [6.07, 6.45) is 3.53. The molecule has 3 nitrogen and oxygen atoms in total. The van der Waals surface area contributed by atoms with Gasteiger partial charge in [-0.05, 0) is 50.4 Å². The van der Waals surface area contributed by atoms with Gasteiger partial charge >= 0.3 is 0 Å². The third kappa shape index (κ3) is 5.29. The molecule has 1 aromatic carbocycles. The first-order valence-electron chi connectivity index (χ1n) is 8.83. The van der Waals surface area contributed by atoms with E-state index in [4.69, 9.17) is 4.74 Å². The van der Waals surface area contributed by atoms with Crippen LogP contribution in [0.3, 0.4) is 0 Å². The van der Waals surface area contributed by atoms with E-state index in [-0.39, 0.29) is 0 Å². The van der Waals surface area contributed by atoms with E-state index >= 15 is 0 Å². The minimum atomic E-state index is 0.571. The highest BCUT2D eigenvalue weighted by atomic mass is 16.5. The van der Waals surface area contributed by atoms with E-state index in [0.717, 1.165) is 25.2 Å². The summed E-state index contributed by atoms with van der Waals surface area (Å²) in [4.78, 5) is 4.98. The van der Waals surface area contributed by atoms with E-state index in [9.17, 15) is 0 Å². The molecule has 0 N–H and O–H groups in total. The summed E-state index contributed by atoms with van der Waals surface area (Å²) in [6, 6.07) is 8.50. The van der Waals surface area contributed by atoms with Gasteiger partial charge in [0.25, 0.3) is 0 Å². The highest BCUT2D eigenvalue weighted by Gasteiger charge is 2.13. The molecule has 0 spiro atoms. The van der Waals surface area contributed by atoms with Crippen LogP contribution in [0.1, 0.15) is 44.6 Å². The van der Waals surface area contributed by atoms with Crippen molar-refractivity contribution in [3.63, 3.8) is 0 Å². The molecule has 0 saturated carbocycles. The number of piperazine rings is 1. The second kappa shape index (κ2) is 9.16. The zero-order chi connectivity index (χ0) is 15.8. The van der Waals surface area contributed by atoms with Crippen molar-refractivity contribution in [2.24, 2.45) is 0 Å².